The highest BCUT2D eigenvalue weighted by atomic mass is 79.9. The van der Waals surface area contributed by atoms with Crippen molar-refractivity contribution in [1.82, 2.24) is 0 Å². The van der Waals surface area contributed by atoms with Crippen molar-refractivity contribution in [3.8, 4) is 5.75 Å². The van der Waals surface area contributed by atoms with E-state index in [1.807, 2.05) is 30.0 Å². The van der Waals surface area contributed by atoms with E-state index in [0.29, 0.717) is 0 Å². The van der Waals surface area contributed by atoms with Gasteiger partial charge < -0.3 is 10.1 Å². The third-order valence-electron chi connectivity index (χ3n) is 1.93. The average Bonchev–Trinajstić information content (AvgIpc) is 2.26. The van der Waals surface area contributed by atoms with E-state index in [-0.39, 0.29) is 0 Å². The second-order valence-electron chi connectivity index (χ2n) is 2.97. The highest BCUT2D eigenvalue weighted by molar-refractivity contribution is 9.10. The average molecular weight is 290 g/mol. The molecule has 0 saturated carbocycles. The first kappa shape index (κ1) is 12.7. The molecule has 84 valence electrons. The molecule has 0 bridgehead atoms. The van der Waals surface area contributed by atoms with Crippen molar-refractivity contribution in [3.63, 3.8) is 0 Å². The molecule has 2 nitrogen and oxygen atoms in total. The molecule has 0 heterocycles. The first-order valence-corrected chi connectivity index (χ1v) is 6.88. The molecule has 1 N–H and O–H groups in total. The monoisotopic (exact) mass is 289 g/mol. The van der Waals surface area contributed by atoms with E-state index < -0.39 is 0 Å². The molecular weight excluding hydrogens is 274 g/mol. The lowest BCUT2D eigenvalue weighted by molar-refractivity contribution is 0.412. The van der Waals surface area contributed by atoms with Gasteiger partial charge in [-0.2, -0.15) is 11.8 Å². The van der Waals surface area contributed by atoms with Crippen molar-refractivity contribution < 1.29 is 4.74 Å². The fourth-order valence-electron chi connectivity index (χ4n) is 1.18. The highest BCUT2D eigenvalue weighted by Crippen LogP contribution is 2.27. The summed E-state index contributed by atoms with van der Waals surface area (Å²) in [6.07, 6.45) is 0. The minimum atomic E-state index is 0.864. The molecule has 0 unspecified atom stereocenters. The van der Waals surface area contributed by atoms with E-state index in [9.17, 15) is 0 Å². The molecule has 4 heteroatoms. The van der Waals surface area contributed by atoms with E-state index in [4.69, 9.17) is 4.74 Å². The molecule has 0 atom stereocenters. The van der Waals surface area contributed by atoms with Crippen LogP contribution in [-0.2, 0) is 0 Å². The number of methoxy groups -OCH3 is 1. The van der Waals surface area contributed by atoms with E-state index in [0.717, 1.165) is 28.2 Å². The van der Waals surface area contributed by atoms with Gasteiger partial charge in [-0.25, -0.2) is 0 Å². The van der Waals surface area contributed by atoms with Crippen molar-refractivity contribution >= 4 is 33.4 Å². The summed E-state index contributed by atoms with van der Waals surface area (Å²) in [5.41, 5.74) is 1.10. The molecule has 1 aromatic rings. The minimum absolute atomic E-state index is 0.864. The third-order valence-corrected chi connectivity index (χ3v) is 3.49. The topological polar surface area (TPSA) is 21.3 Å². The number of hydrogen-bond acceptors (Lipinski definition) is 3. The maximum absolute atomic E-state index is 5.22. The predicted octanol–water partition coefficient (Wildman–Crippen LogP) is 3.62. The maximum atomic E-state index is 5.22. The van der Waals surface area contributed by atoms with Crippen LogP contribution < -0.4 is 10.1 Å². The Hall–Kier alpha value is -0.350. The fraction of sp³-hybridized carbons (Fsp3) is 0.455. The van der Waals surface area contributed by atoms with Gasteiger partial charge in [0.25, 0.3) is 0 Å². The van der Waals surface area contributed by atoms with Crippen molar-refractivity contribution in [2.24, 2.45) is 0 Å². The molecule has 0 saturated heterocycles. The van der Waals surface area contributed by atoms with Crippen molar-refractivity contribution in [3.05, 3.63) is 22.7 Å². The smallest absolute Gasteiger partial charge is 0.135 e. The number of rotatable bonds is 6. The van der Waals surface area contributed by atoms with Gasteiger partial charge in [-0.3, -0.25) is 0 Å². The molecule has 0 fully saturated rings. The van der Waals surface area contributed by atoms with Gasteiger partial charge >= 0.3 is 0 Å². The molecule has 1 aromatic carbocycles. The Labute approximate surface area is 104 Å². The molecule has 0 aliphatic rings. The lowest BCUT2D eigenvalue weighted by Gasteiger charge is -2.08. The summed E-state index contributed by atoms with van der Waals surface area (Å²) < 4.78 is 6.21. The van der Waals surface area contributed by atoms with Gasteiger partial charge in [-0.15, -0.1) is 0 Å². The van der Waals surface area contributed by atoms with Crippen LogP contribution in [0.5, 0.6) is 5.75 Å². The predicted molar refractivity (Wildman–Crippen MR) is 72.2 cm³/mol. The van der Waals surface area contributed by atoms with Crippen LogP contribution in [0.2, 0.25) is 0 Å². The number of thioether (sulfide) groups is 1. The van der Waals surface area contributed by atoms with Crippen LogP contribution in [0.1, 0.15) is 6.92 Å². The zero-order chi connectivity index (χ0) is 11.1. The number of halogens is 1. The number of anilines is 1. The van der Waals surface area contributed by atoms with E-state index >= 15 is 0 Å². The van der Waals surface area contributed by atoms with Gasteiger partial charge in [-0.05, 0) is 33.8 Å². The lowest BCUT2D eigenvalue weighted by atomic mass is 10.3. The Morgan fingerprint density at radius 1 is 1.47 bits per heavy atom. The largest absolute Gasteiger partial charge is 0.495 e. The first-order chi connectivity index (χ1) is 7.27. The zero-order valence-corrected chi connectivity index (χ0v) is 11.5. The molecule has 0 aliphatic heterocycles. The first-order valence-electron chi connectivity index (χ1n) is 4.93. The number of ether oxygens (including phenoxy) is 1. The molecule has 0 radical (unpaired) electrons. The van der Waals surface area contributed by atoms with Crippen LogP contribution in [0.3, 0.4) is 0 Å². The van der Waals surface area contributed by atoms with Crippen LogP contribution in [0.15, 0.2) is 22.7 Å². The van der Waals surface area contributed by atoms with Gasteiger partial charge in [0, 0.05) is 24.1 Å². The van der Waals surface area contributed by atoms with Crippen LogP contribution in [0.25, 0.3) is 0 Å². The van der Waals surface area contributed by atoms with Gasteiger partial charge in [0.05, 0.1) is 11.6 Å². The summed E-state index contributed by atoms with van der Waals surface area (Å²) in [7, 11) is 1.68. The van der Waals surface area contributed by atoms with Crippen LogP contribution in [0.4, 0.5) is 5.69 Å². The van der Waals surface area contributed by atoms with E-state index in [1.54, 1.807) is 7.11 Å². The Kier molecular flexibility index (Phi) is 5.95. The molecular formula is C11H16BrNOS. The number of hydrogen-bond donors (Lipinski definition) is 1. The van der Waals surface area contributed by atoms with Crippen molar-refractivity contribution in [1.29, 1.82) is 0 Å². The SMILES string of the molecule is CCSCCNc1ccc(Br)c(OC)c1. The quantitative estimate of drug-likeness (QED) is 0.808. The highest BCUT2D eigenvalue weighted by Gasteiger charge is 2.00. The van der Waals surface area contributed by atoms with Crippen LogP contribution in [0, 0.1) is 0 Å². The number of nitrogens with one attached hydrogen (secondary N) is 1. The summed E-state index contributed by atoms with van der Waals surface area (Å²) >= 11 is 5.36. The normalized spacial score (nSPS) is 10.1. The second kappa shape index (κ2) is 7.01. The summed E-state index contributed by atoms with van der Waals surface area (Å²) in [5, 5.41) is 3.36. The summed E-state index contributed by atoms with van der Waals surface area (Å²) in [6.45, 7) is 3.16. The summed E-state index contributed by atoms with van der Waals surface area (Å²) in [4.78, 5) is 0. The van der Waals surface area contributed by atoms with Gasteiger partial charge in [0.2, 0.25) is 0 Å². The third kappa shape index (κ3) is 4.34. The molecule has 1 rings (SSSR count). The Balaban J connectivity index is 2.47. The fourth-order valence-corrected chi connectivity index (χ4v) is 2.13. The minimum Gasteiger partial charge on any atom is -0.495 e. The Morgan fingerprint density at radius 2 is 2.27 bits per heavy atom. The van der Waals surface area contributed by atoms with Crippen molar-refractivity contribution in [2.45, 2.75) is 6.92 Å². The summed E-state index contributed by atoms with van der Waals surface area (Å²) in [6, 6.07) is 6.04. The Bertz CT molecular complexity index is 307. The van der Waals surface area contributed by atoms with Gasteiger partial charge in [0.1, 0.15) is 5.75 Å². The van der Waals surface area contributed by atoms with Crippen molar-refractivity contribution in [2.75, 3.05) is 30.5 Å². The maximum Gasteiger partial charge on any atom is 0.135 e. The van der Waals surface area contributed by atoms with Crippen LogP contribution >= 0.6 is 27.7 Å². The zero-order valence-electron chi connectivity index (χ0n) is 9.05. The second-order valence-corrected chi connectivity index (χ2v) is 5.22. The molecule has 0 amide bonds. The van der Waals surface area contributed by atoms with E-state index in [2.05, 4.69) is 28.2 Å². The van der Waals surface area contributed by atoms with E-state index in [1.165, 1.54) is 5.75 Å². The van der Waals surface area contributed by atoms with Gasteiger partial charge in [-0.1, -0.05) is 6.92 Å². The summed E-state index contributed by atoms with van der Waals surface area (Å²) in [5.74, 6) is 3.17. The molecule has 0 aliphatic carbocycles. The molecule has 0 spiro atoms. The molecule has 15 heavy (non-hydrogen) atoms. The van der Waals surface area contributed by atoms with Gasteiger partial charge in [0.15, 0.2) is 0 Å². The standard InChI is InChI=1S/C11H16BrNOS/c1-3-15-7-6-13-9-4-5-10(12)11(8-9)14-2/h4-5,8,13H,3,6-7H2,1-2H3. The Morgan fingerprint density at radius 3 is 2.93 bits per heavy atom. The number of benzene rings is 1. The lowest BCUT2D eigenvalue weighted by Crippen LogP contribution is -2.04. The molecule has 0 aromatic heterocycles. The van der Waals surface area contributed by atoms with Crippen LogP contribution in [-0.4, -0.2) is 25.2 Å².